The standard InChI is InChI=1S/C24H21N9/c1-14-12-33(13-28-14)21-4-5-26-23-18(21)8-20(29-23)22-19-7-16(10-27-24(19)31-30-22)15-6-17(32(2)3)11-25-9-15/h4-13H,1-3H3,(H,26,29)(H,27,30,31). The van der Waals surface area contributed by atoms with Crippen molar-refractivity contribution in [2.24, 2.45) is 0 Å². The van der Waals surface area contributed by atoms with E-state index in [0.717, 1.165) is 61.7 Å². The van der Waals surface area contributed by atoms with E-state index >= 15 is 0 Å². The number of anilines is 1. The van der Waals surface area contributed by atoms with Crippen molar-refractivity contribution in [1.82, 2.24) is 39.7 Å². The van der Waals surface area contributed by atoms with Crippen LogP contribution in [0.5, 0.6) is 0 Å². The van der Waals surface area contributed by atoms with E-state index < -0.39 is 0 Å². The Hall–Kier alpha value is -4.53. The van der Waals surface area contributed by atoms with Gasteiger partial charge in [-0.15, -0.1) is 0 Å². The largest absolute Gasteiger partial charge is 0.376 e. The summed E-state index contributed by atoms with van der Waals surface area (Å²) < 4.78 is 2.00. The maximum absolute atomic E-state index is 4.60. The number of imidazole rings is 1. The first kappa shape index (κ1) is 19.2. The summed E-state index contributed by atoms with van der Waals surface area (Å²) in [5.74, 6) is 0. The van der Waals surface area contributed by atoms with Crippen LogP contribution in [0.3, 0.4) is 0 Å². The maximum atomic E-state index is 4.60. The number of rotatable bonds is 4. The average molecular weight is 435 g/mol. The zero-order chi connectivity index (χ0) is 22.5. The fourth-order valence-corrected chi connectivity index (χ4v) is 4.02. The summed E-state index contributed by atoms with van der Waals surface area (Å²) in [5, 5.41) is 9.53. The molecule has 0 aliphatic heterocycles. The molecule has 9 nitrogen and oxygen atoms in total. The number of nitrogens with one attached hydrogen (secondary N) is 2. The highest BCUT2D eigenvalue weighted by molar-refractivity contribution is 5.97. The second-order valence-corrected chi connectivity index (χ2v) is 8.22. The third-order valence-electron chi connectivity index (χ3n) is 5.74. The molecule has 162 valence electrons. The van der Waals surface area contributed by atoms with Gasteiger partial charge in [0.15, 0.2) is 5.65 Å². The van der Waals surface area contributed by atoms with Crippen LogP contribution in [0.2, 0.25) is 0 Å². The quantitative estimate of drug-likeness (QED) is 0.432. The summed E-state index contributed by atoms with van der Waals surface area (Å²) in [6, 6.07) is 8.25. The third kappa shape index (κ3) is 3.21. The second kappa shape index (κ2) is 7.27. The molecule has 0 aliphatic carbocycles. The first-order valence-corrected chi connectivity index (χ1v) is 10.5. The van der Waals surface area contributed by atoms with Crippen LogP contribution in [0.4, 0.5) is 5.69 Å². The lowest BCUT2D eigenvalue weighted by Crippen LogP contribution is -2.08. The number of hydrogen-bond donors (Lipinski definition) is 2. The number of aryl methyl sites for hydroxylation is 1. The predicted molar refractivity (Wildman–Crippen MR) is 128 cm³/mol. The Morgan fingerprint density at radius 3 is 2.61 bits per heavy atom. The lowest BCUT2D eigenvalue weighted by atomic mass is 10.1. The molecule has 0 fully saturated rings. The Bertz CT molecular complexity index is 1620. The Labute approximate surface area is 189 Å². The molecule has 0 unspecified atom stereocenters. The first-order valence-electron chi connectivity index (χ1n) is 10.5. The maximum Gasteiger partial charge on any atom is 0.155 e. The average Bonchev–Trinajstić information content (AvgIpc) is 3.55. The van der Waals surface area contributed by atoms with Gasteiger partial charge in [-0.05, 0) is 31.2 Å². The SMILES string of the molecule is Cc1cn(-c2ccnc3[nH]c(-c4n[nH]c5ncc(-c6cncc(N(C)C)c6)cc45)cc23)cn1. The van der Waals surface area contributed by atoms with Gasteiger partial charge in [-0.1, -0.05) is 0 Å². The van der Waals surface area contributed by atoms with Crippen LogP contribution in [0.1, 0.15) is 5.69 Å². The second-order valence-electron chi connectivity index (χ2n) is 8.22. The molecule has 0 radical (unpaired) electrons. The van der Waals surface area contributed by atoms with E-state index in [1.54, 1.807) is 6.20 Å². The van der Waals surface area contributed by atoms with Gasteiger partial charge in [0.05, 0.1) is 35.3 Å². The summed E-state index contributed by atoms with van der Waals surface area (Å²) in [7, 11) is 4.00. The van der Waals surface area contributed by atoms with E-state index in [2.05, 4.69) is 53.3 Å². The number of aromatic nitrogens is 8. The number of pyridine rings is 3. The highest BCUT2D eigenvalue weighted by Gasteiger charge is 2.16. The Morgan fingerprint density at radius 1 is 0.909 bits per heavy atom. The molecule has 6 rings (SSSR count). The Balaban J connectivity index is 1.48. The van der Waals surface area contributed by atoms with Gasteiger partial charge in [0.1, 0.15) is 11.3 Å². The van der Waals surface area contributed by atoms with Gasteiger partial charge >= 0.3 is 0 Å². The number of H-pyrrole nitrogens is 2. The van der Waals surface area contributed by atoms with Crippen LogP contribution in [0.25, 0.3) is 50.3 Å². The summed E-state index contributed by atoms with van der Waals surface area (Å²) in [6.07, 6.45) is 11.1. The first-order chi connectivity index (χ1) is 16.1. The highest BCUT2D eigenvalue weighted by atomic mass is 15.2. The van der Waals surface area contributed by atoms with Crippen LogP contribution in [0, 0.1) is 6.92 Å². The van der Waals surface area contributed by atoms with E-state index in [9.17, 15) is 0 Å². The molecular weight excluding hydrogens is 414 g/mol. The summed E-state index contributed by atoms with van der Waals surface area (Å²) in [4.78, 5) is 23.3. The fourth-order valence-electron chi connectivity index (χ4n) is 4.02. The summed E-state index contributed by atoms with van der Waals surface area (Å²) in [5.41, 5.74) is 8.15. The van der Waals surface area contributed by atoms with Crippen LogP contribution < -0.4 is 4.90 Å². The van der Waals surface area contributed by atoms with E-state index in [-0.39, 0.29) is 0 Å². The number of aromatic amines is 2. The van der Waals surface area contributed by atoms with Crippen LogP contribution in [-0.4, -0.2) is 53.8 Å². The van der Waals surface area contributed by atoms with E-state index in [1.165, 1.54) is 0 Å². The molecule has 0 aliphatic rings. The van der Waals surface area contributed by atoms with Crippen molar-refractivity contribution in [2.45, 2.75) is 6.92 Å². The molecule has 0 saturated carbocycles. The molecule has 0 spiro atoms. The van der Waals surface area contributed by atoms with Crippen molar-refractivity contribution in [1.29, 1.82) is 0 Å². The van der Waals surface area contributed by atoms with Crippen LogP contribution >= 0.6 is 0 Å². The van der Waals surface area contributed by atoms with E-state index in [0.29, 0.717) is 0 Å². The van der Waals surface area contributed by atoms with Crippen molar-refractivity contribution in [3.8, 4) is 28.2 Å². The van der Waals surface area contributed by atoms with Gasteiger partial charge in [-0.25, -0.2) is 15.0 Å². The molecule has 0 aromatic carbocycles. The van der Waals surface area contributed by atoms with Crippen molar-refractivity contribution in [2.75, 3.05) is 19.0 Å². The lowest BCUT2D eigenvalue weighted by molar-refractivity contribution is 1.06. The topological polar surface area (TPSA) is 104 Å². The summed E-state index contributed by atoms with van der Waals surface area (Å²) >= 11 is 0. The molecule has 6 aromatic rings. The van der Waals surface area contributed by atoms with Gasteiger partial charge in [0, 0.05) is 60.8 Å². The van der Waals surface area contributed by atoms with Gasteiger partial charge in [0.2, 0.25) is 0 Å². The predicted octanol–water partition coefficient (Wildman–Crippen LogP) is 4.12. The fraction of sp³-hybridized carbons (Fsp3) is 0.125. The molecule has 0 bridgehead atoms. The van der Waals surface area contributed by atoms with Gasteiger partial charge < -0.3 is 14.5 Å². The number of fused-ring (bicyclic) bond motifs is 2. The zero-order valence-corrected chi connectivity index (χ0v) is 18.4. The van der Waals surface area contributed by atoms with Crippen molar-refractivity contribution in [3.63, 3.8) is 0 Å². The van der Waals surface area contributed by atoms with Gasteiger partial charge in [0.25, 0.3) is 0 Å². The monoisotopic (exact) mass is 435 g/mol. The van der Waals surface area contributed by atoms with Crippen molar-refractivity contribution in [3.05, 3.63) is 67.3 Å². The molecular formula is C24H21N9. The molecule has 0 saturated heterocycles. The molecule has 33 heavy (non-hydrogen) atoms. The molecule has 9 heteroatoms. The van der Waals surface area contributed by atoms with Crippen LogP contribution in [-0.2, 0) is 0 Å². The Morgan fingerprint density at radius 2 is 1.79 bits per heavy atom. The van der Waals surface area contributed by atoms with Gasteiger partial charge in [-0.3, -0.25) is 10.1 Å². The zero-order valence-electron chi connectivity index (χ0n) is 18.4. The van der Waals surface area contributed by atoms with Crippen LogP contribution in [0.15, 0.2) is 61.6 Å². The normalized spacial score (nSPS) is 11.5. The minimum atomic E-state index is 0.725. The molecule has 6 aromatic heterocycles. The van der Waals surface area contributed by atoms with Crippen molar-refractivity contribution >= 4 is 27.8 Å². The molecule has 0 atom stereocenters. The smallest absolute Gasteiger partial charge is 0.155 e. The minimum Gasteiger partial charge on any atom is -0.376 e. The summed E-state index contributed by atoms with van der Waals surface area (Å²) in [6.45, 7) is 1.97. The molecule has 6 heterocycles. The van der Waals surface area contributed by atoms with Gasteiger partial charge in [-0.2, -0.15) is 5.10 Å². The third-order valence-corrected chi connectivity index (χ3v) is 5.74. The van der Waals surface area contributed by atoms with E-state index in [1.807, 2.05) is 67.7 Å². The van der Waals surface area contributed by atoms with E-state index in [4.69, 9.17) is 0 Å². The van der Waals surface area contributed by atoms with Crippen molar-refractivity contribution < 1.29 is 0 Å². The molecule has 2 N–H and O–H groups in total. The minimum absolute atomic E-state index is 0.725. The highest BCUT2D eigenvalue weighted by Crippen LogP contribution is 2.32. The number of hydrogen-bond acceptors (Lipinski definition) is 6. The Kier molecular flexibility index (Phi) is 4.22. The molecule has 0 amide bonds. The number of nitrogens with zero attached hydrogens (tertiary/aromatic N) is 7. The lowest BCUT2D eigenvalue weighted by Gasteiger charge is -2.12.